The number of carbonyl (C=O) groups is 1. The number of hydrogen-bond donors (Lipinski definition) is 1. The van der Waals surface area contributed by atoms with Crippen LogP contribution in [0, 0.1) is 0 Å². The minimum absolute atomic E-state index is 0.0628. The van der Waals surface area contributed by atoms with Crippen LogP contribution in [-0.4, -0.2) is 20.7 Å². The predicted octanol–water partition coefficient (Wildman–Crippen LogP) is 4.64. The van der Waals surface area contributed by atoms with E-state index in [-0.39, 0.29) is 18.3 Å². The molecule has 6 nitrogen and oxygen atoms in total. The fourth-order valence-electron chi connectivity index (χ4n) is 1.94. The van der Waals surface area contributed by atoms with Gasteiger partial charge < -0.3 is 10.1 Å². The van der Waals surface area contributed by atoms with E-state index in [4.69, 9.17) is 27.9 Å². The molecule has 0 atom stereocenters. The van der Waals surface area contributed by atoms with E-state index in [9.17, 15) is 4.79 Å². The largest absolute Gasteiger partial charge is 0.468 e. The number of amides is 1. The van der Waals surface area contributed by atoms with E-state index in [0.717, 1.165) is 4.47 Å². The molecule has 1 amide bonds. The number of nitrogens with zero attached hydrogens (tertiary/aromatic N) is 3. The Bertz CT molecular complexity index is 879. The zero-order chi connectivity index (χ0) is 17.8. The van der Waals surface area contributed by atoms with Crippen LogP contribution in [0.5, 0.6) is 5.75 Å². The molecule has 128 valence electrons. The van der Waals surface area contributed by atoms with Crippen molar-refractivity contribution < 1.29 is 9.53 Å². The van der Waals surface area contributed by atoms with Crippen molar-refractivity contribution in [3.8, 4) is 5.75 Å². The zero-order valence-electron chi connectivity index (χ0n) is 12.6. The number of carbonyl (C=O) groups excluding carboxylic acids is 1. The zero-order valence-corrected chi connectivity index (χ0v) is 15.7. The van der Waals surface area contributed by atoms with Gasteiger partial charge in [-0.1, -0.05) is 29.3 Å². The number of benzene rings is 1. The number of nitrogens with one attached hydrogen (secondary N) is 1. The van der Waals surface area contributed by atoms with Crippen LogP contribution in [0.4, 0.5) is 5.82 Å². The molecule has 0 aliphatic heterocycles. The van der Waals surface area contributed by atoms with E-state index >= 15 is 0 Å². The Hall–Kier alpha value is -2.09. The highest BCUT2D eigenvalue weighted by atomic mass is 79.9. The van der Waals surface area contributed by atoms with Crippen LogP contribution >= 0.6 is 39.1 Å². The summed E-state index contributed by atoms with van der Waals surface area (Å²) in [7, 11) is 0. The molecule has 0 unspecified atom stereocenters. The number of hydrogen-bond acceptors (Lipinski definition) is 4. The summed E-state index contributed by atoms with van der Waals surface area (Å²) in [4.78, 5) is 16.3. The summed E-state index contributed by atoms with van der Waals surface area (Å²) in [5.74, 6) is 0.428. The lowest BCUT2D eigenvalue weighted by Gasteiger charge is -2.09. The lowest BCUT2D eigenvalue weighted by molar-refractivity contribution is 0.102. The van der Waals surface area contributed by atoms with Crippen molar-refractivity contribution in [2.45, 2.75) is 6.73 Å². The van der Waals surface area contributed by atoms with Gasteiger partial charge in [-0.25, -0.2) is 9.67 Å². The number of halogens is 3. The van der Waals surface area contributed by atoms with E-state index in [1.165, 1.54) is 4.68 Å². The van der Waals surface area contributed by atoms with Crippen molar-refractivity contribution >= 4 is 50.9 Å². The standard InChI is InChI=1S/C16H11BrCl2N4O2/c17-10-4-5-14(20-8-10)21-16(24)13-6-7-23(22-13)9-25-15-11(18)2-1-3-12(15)19/h1-8H,9H2,(H,20,21,24). The molecule has 0 saturated carbocycles. The monoisotopic (exact) mass is 440 g/mol. The van der Waals surface area contributed by atoms with E-state index in [0.29, 0.717) is 21.6 Å². The van der Waals surface area contributed by atoms with Gasteiger partial charge in [0, 0.05) is 16.9 Å². The molecule has 0 saturated heterocycles. The minimum atomic E-state index is -0.371. The maximum Gasteiger partial charge on any atom is 0.277 e. The van der Waals surface area contributed by atoms with E-state index in [1.54, 1.807) is 48.8 Å². The Balaban J connectivity index is 1.64. The fourth-order valence-corrected chi connectivity index (χ4v) is 2.68. The van der Waals surface area contributed by atoms with Crippen molar-refractivity contribution in [3.63, 3.8) is 0 Å². The number of anilines is 1. The molecule has 0 aliphatic carbocycles. The molecule has 0 fully saturated rings. The topological polar surface area (TPSA) is 69.0 Å². The normalized spacial score (nSPS) is 10.5. The van der Waals surface area contributed by atoms with Crippen LogP contribution in [0.3, 0.4) is 0 Å². The van der Waals surface area contributed by atoms with Gasteiger partial charge in [0.25, 0.3) is 5.91 Å². The summed E-state index contributed by atoms with van der Waals surface area (Å²) in [6.07, 6.45) is 3.21. The van der Waals surface area contributed by atoms with Crippen LogP contribution in [0.2, 0.25) is 10.0 Å². The van der Waals surface area contributed by atoms with Gasteiger partial charge in [-0.05, 0) is 46.3 Å². The molecule has 1 N–H and O–H groups in total. The maximum atomic E-state index is 12.2. The molecule has 9 heteroatoms. The lowest BCUT2D eigenvalue weighted by atomic mass is 10.3. The summed E-state index contributed by atoms with van der Waals surface area (Å²) in [5.41, 5.74) is 0.235. The van der Waals surface area contributed by atoms with Gasteiger partial charge in [-0.3, -0.25) is 4.79 Å². The predicted molar refractivity (Wildman–Crippen MR) is 99.2 cm³/mol. The minimum Gasteiger partial charge on any atom is -0.468 e. The van der Waals surface area contributed by atoms with Crippen LogP contribution in [0.15, 0.2) is 53.3 Å². The molecule has 25 heavy (non-hydrogen) atoms. The first-order chi connectivity index (χ1) is 12.0. The van der Waals surface area contributed by atoms with E-state index in [1.807, 2.05) is 0 Å². The second-order valence-corrected chi connectivity index (χ2v) is 6.61. The Morgan fingerprint density at radius 1 is 1.20 bits per heavy atom. The number of pyridine rings is 1. The number of rotatable bonds is 5. The molecule has 3 rings (SSSR count). The Kier molecular flexibility index (Phi) is 5.57. The number of aromatic nitrogens is 3. The third kappa shape index (κ3) is 4.50. The first kappa shape index (κ1) is 17.7. The average molecular weight is 442 g/mol. The van der Waals surface area contributed by atoms with E-state index < -0.39 is 0 Å². The lowest BCUT2D eigenvalue weighted by Crippen LogP contribution is -2.15. The van der Waals surface area contributed by atoms with Gasteiger partial charge in [-0.15, -0.1) is 0 Å². The van der Waals surface area contributed by atoms with Crippen LogP contribution in [0.1, 0.15) is 10.5 Å². The molecule has 0 radical (unpaired) electrons. The summed E-state index contributed by atoms with van der Waals surface area (Å²) < 4.78 is 7.85. The van der Waals surface area contributed by atoms with Gasteiger partial charge in [0.15, 0.2) is 18.2 Å². The van der Waals surface area contributed by atoms with E-state index in [2.05, 4.69) is 31.3 Å². The van der Waals surface area contributed by atoms with Crippen molar-refractivity contribution in [1.82, 2.24) is 14.8 Å². The van der Waals surface area contributed by atoms with Crippen molar-refractivity contribution in [3.05, 3.63) is 69.0 Å². The molecule has 0 spiro atoms. The third-order valence-electron chi connectivity index (χ3n) is 3.10. The summed E-state index contributed by atoms with van der Waals surface area (Å²) in [6.45, 7) is 0.0628. The summed E-state index contributed by atoms with van der Waals surface area (Å²) >= 11 is 15.4. The van der Waals surface area contributed by atoms with Crippen LogP contribution in [0.25, 0.3) is 0 Å². The van der Waals surface area contributed by atoms with Crippen molar-refractivity contribution in [2.24, 2.45) is 0 Å². The molecule has 0 aliphatic rings. The smallest absolute Gasteiger partial charge is 0.277 e. The third-order valence-corrected chi connectivity index (χ3v) is 4.17. The second-order valence-electron chi connectivity index (χ2n) is 4.88. The van der Waals surface area contributed by atoms with Crippen molar-refractivity contribution in [2.75, 3.05) is 5.32 Å². The Morgan fingerprint density at radius 3 is 2.64 bits per heavy atom. The van der Waals surface area contributed by atoms with Gasteiger partial charge in [0.05, 0.1) is 10.0 Å². The molecular formula is C16H11BrCl2N4O2. The molecule has 2 heterocycles. The highest BCUT2D eigenvalue weighted by Crippen LogP contribution is 2.32. The molecule has 1 aromatic carbocycles. The maximum absolute atomic E-state index is 12.2. The number of ether oxygens (including phenoxy) is 1. The SMILES string of the molecule is O=C(Nc1ccc(Br)cn1)c1ccn(COc2c(Cl)cccc2Cl)n1. The second kappa shape index (κ2) is 7.86. The Morgan fingerprint density at radius 2 is 1.96 bits per heavy atom. The van der Waals surface area contributed by atoms with Crippen molar-refractivity contribution in [1.29, 1.82) is 0 Å². The first-order valence-corrected chi connectivity index (χ1v) is 8.61. The molecule has 0 bridgehead atoms. The average Bonchev–Trinajstić information content (AvgIpc) is 3.06. The summed E-state index contributed by atoms with van der Waals surface area (Å²) in [5, 5.41) is 7.62. The molecule has 3 aromatic rings. The first-order valence-electron chi connectivity index (χ1n) is 7.06. The number of para-hydroxylation sites is 1. The van der Waals surface area contributed by atoms with Gasteiger partial charge >= 0.3 is 0 Å². The summed E-state index contributed by atoms with van der Waals surface area (Å²) in [6, 6.07) is 10.1. The van der Waals surface area contributed by atoms with Crippen LogP contribution in [-0.2, 0) is 6.73 Å². The quantitative estimate of drug-likeness (QED) is 0.626. The fraction of sp³-hybridized carbons (Fsp3) is 0.0625. The molecule has 2 aromatic heterocycles. The van der Waals surface area contributed by atoms with Crippen LogP contribution < -0.4 is 10.1 Å². The highest BCUT2D eigenvalue weighted by Gasteiger charge is 2.12. The molecular weight excluding hydrogens is 431 g/mol. The highest BCUT2D eigenvalue weighted by molar-refractivity contribution is 9.10. The Labute approximate surface area is 161 Å². The van der Waals surface area contributed by atoms with Gasteiger partial charge in [0.1, 0.15) is 5.82 Å². The van der Waals surface area contributed by atoms with Gasteiger partial charge in [-0.2, -0.15) is 5.10 Å². The van der Waals surface area contributed by atoms with Gasteiger partial charge in [0.2, 0.25) is 0 Å².